The molecule has 0 unspecified atom stereocenters. The predicted molar refractivity (Wildman–Crippen MR) is 95.4 cm³/mol. The Bertz CT molecular complexity index is 701. The minimum atomic E-state index is -0.146. The second-order valence-electron chi connectivity index (χ2n) is 4.94. The molecule has 2 N–H and O–H groups in total. The van der Waals surface area contributed by atoms with Crippen molar-refractivity contribution in [2.45, 2.75) is 6.92 Å². The maximum atomic E-state index is 12.0. The molecule has 2 rings (SSSR count). The molecule has 0 aliphatic heterocycles. The molecule has 0 saturated heterocycles. The van der Waals surface area contributed by atoms with Crippen LogP contribution in [0.25, 0.3) is 0 Å². The molecule has 0 aliphatic rings. The molecule has 0 aliphatic carbocycles. The van der Waals surface area contributed by atoms with Crippen LogP contribution in [-0.4, -0.2) is 19.1 Å². The first-order chi connectivity index (χ1) is 11.1. The van der Waals surface area contributed by atoms with E-state index in [0.29, 0.717) is 17.3 Å². The summed E-state index contributed by atoms with van der Waals surface area (Å²) in [6.07, 6.45) is 1.68. The third-order valence-electron chi connectivity index (χ3n) is 3.20. The summed E-state index contributed by atoms with van der Waals surface area (Å²) in [6, 6.07) is 12.8. The van der Waals surface area contributed by atoms with Crippen molar-refractivity contribution >= 4 is 28.9 Å². The molecule has 4 nitrogen and oxygen atoms in total. The first kappa shape index (κ1) is 16.9. The van der Waals surface area contributed by atoms with Crippen LogP contribution in [-0.2, 0) is 4.79 Å². The van der Waals surface area contributed by atoms with Gasteiger partial charge in [-0.25, -0.2) is 0 Å². The second-order valence-corrected chi connectivity index (χ2v) is 5.35. The fourth-order valence-electron chi connectivity index (χ4n) is 1.97. The Kier molecular flexibility index (Phi) is 6.06. The summed E-state index contributed by atoms with van der Waals surface area (Å²) in [5.41, 5.74) is 2.37. The van der Waals surface area contributed by atoms with Gasteiger partial charge in [-0.1, -0.05) is 36.4 Å². The molecule has 5 heteroatoms. The maximum Gasteiger partial charge on any atom is 0.243 e. The molecule has 1 amide bonds. The SMILES string of the molecule is C=CCOc1cccc(NCC(=O)Nc2cccc(Cl)c2C)c1. The normalized spacial score (nSPS) is 10.0. The van der Waals surface area contributed by atoms with E-state index in [2.05, 4.69) is 17.2 Å². The van der Waals surface area contributed by atoms with Gasteiger partial charge in [-0.2, -0.15) is 0 Å². The molecule has 2 aromatic carbocycles. The summed E-state index contributed by atoms with van der Waals surface area (Å²) in [4.78, 5) is 12.0. The lowest BCUT2D eigenvalue weighted by Gasteiger charge is -2.11. The summed E-state index contributed by atoms with van der Waals surface area (Å²) in [7, 11) is 0. The molecule has 0 spiro atoms. The van der Waals surface area contributed by atoms with Gasteiger partial charge in [-0.3, -0.25) is 4.79 Å². The zero-order valence-electron chi connectivity index (χ0n) is 12.9. The third-order valence-corrected chi connectivity index (χ3v) is 3.61. The van der Waals surface area contributed by atoms with E-state index in [1.807, 2.05) is 37.3 Å². The minimum absolute atomic E-state index is 0.146. The van der Waals surface area contributed by atoms with Crippen molar-refractivity contribution in [3.63, 3.8) is 0 Å². The molecule has 0 saturated carbocycles. The van der Waals surface area contributed by atoms with Gasteiger partial charge in [0.2, 0.25) is 5.91 Å². The van der Waals surface area contributed by atoms with Gasteiger partial charge in [0.15, 0.2) is 0 Å². The number of carbonyl (C=O) groups excluding carboxylic acids is 1. The largest absolute Gasteiger partial charge is 0.489 e. The van der Waals surface area contributed by atoms with Crippen molar-refractivity contribution in [3.8, 4) is 5.75 Å². The molecule has 0 fully saturated rings. The van der Waals surface area contributed by atoms with Gasteiger partial charge < -0.3 is 15.4 Å². The van der Waals surface area contributed by atoms with Crippen LogP contribution in [0.15, 0.2) is 55.1 Å². The molecule has 0 aromatic heterocycles. The van der Waals surface area contributed by atoms with Gasteiger partial charge in [-0.15, -0.1) is 0 Å². The Hall–Kier alpha value is -2.46. The van der Waals surface area contributed by atoms with Crippen molar-refractivity contribution in [3.05, 3.63) is 65.7 Å². The molecule has 0 radical (unpaired) electrons. The van der Waals surface area contributed by atoms with Crippen LogP contribution in [0.3, 0.4) is 0 Å². The maximum absolute atomic E-state index is 12.0. The van der Waals surface area contributed by atoms with Crippen LogP contribution in [0.4, 0.5) is 11.4 Å². The van der Waals surface area contributed by atoms with Crippen LogP contribution in [0.2, 0.25) is 5.02 Å². The van der Waals surface area contributed by atoms with Crippen molar-refractivity contribution < 1.29 is 9.53 Å². The molecular weight excluding hydrogens is 312 g/mol. The number of rotatable bonds is 7. The number of amides is 1. The summed E-state index contributed by atoms with van der Waals surface area (Å²) in [5.74, 6) is 0.578. The highest BCUT2D eigenvalue weighted by Gasteiger charge is 2.07. The van der Waals surface area contributed by atoms with E-state index in [1.165, 1.54) is 0 Å². The zero-order chi connectivity index (χ0) is 16.7. The van der Waals surface area contributed by atoms with E-state index in [0.717, 1.165) is 17.0 Å². The van der Waals surface area contributed by atoms with Gasteiger partial charge in [0.05, 0.1) is 6.54 Å². The quantitative estimate of drug-likeness (QED) is 0.746. The number of hydrogen-bond donors (Lipinski definition) is 2. The number of hydrogen-bond acceptors (Lipinski definition) is 3. The molecule has 0 heterocycles. The highest BCUT2D eigenvalue weighted by Crippen LogP contribution is 2.23. The summed E-state index contributed by atoms with van der Waals surface area (Å²) < 4.78 is 5.45. The number of anilines is 2. The smallest absolute Gasteiger partial charge is 0.243 e. The number of carbonyl (C=O) groups is 1. The number of nitrogens with one attached hydrogen (secondary N) is 2. The average Bonchev–Trinajstić information content (AvgIpc) is 2.56. The highest BCUT2D eigenvalue weighted by atomic mass is 35.5. The zero-order valence-corrected chi connectivity index (χ0v) is 13.7. The standard InChI is InChI=1S/C18H19ClN2O2/c1-3-10-23-15-7-4-6-14(11-15)20-12-18(22)21-17-9-5-8-16(19)13(17)2/h3-9,11,20H,1,10,12H2,2H3,(H,21,22). The van der Waals surface area contributed by atoms with Crippen LogP contribution >= 0.6 is 11.6 Å². The van der Waals surface area contributed by atoms with Crippen LogP contribution in [0, 0.1) is 6.92 Å². The average molecular weight is 331 g/mol. The summed E-state index contributed by atoms with van der Waals surface area (Å²) >= 11 is 6.04. The molecule has 120 valence electrons. The van der Waals surface area contributed by atoms with Crippen molar-refractivity contribution in [2.75, 3.05) is 23.8 Å². The molecule has 23 heavy (non-hydrogen) atoms. The molecule has 0 bridgehead atoms. The van der Waals surface area contributed by atoms with Crippen LogP contribution in [0.1, 0.15) is 5.56 Å². The Labute approximate surface area is 141 Å². The van der Waals surface area contributed by atoms with E-state index >= 15 is 0 Å². The van der Waals surface area contributed by atoms with Crippen LogP contribution < -0.4 is 15.4 Å². The first-order valence-corrected chi connectivity index (χ1v) is 7.60. The first-order valence-electron chi connectivity index (χ1n) is 7.22. The Morgan fingerprint density at radius 2 is 2.09 bits per heavy atom. The van der Waals surface area contributed by atoms with E-state index in [1.54, 1.807) is 18.2 Å². The van der Waals surface area contributed by atoms with Gasteiger partial charge in [-0.05, 0) is 36.8 Å². The van der Waals surface area contributed by atoms with E-state index in [9.17, 15) is 4.79 Å². The van der Waals surface area contributed by atoms with E-state index < -0.39 is 0 Å². The number of ether oxygens (including phenoxy) is 1. The number of benzene rings is 2. The second kappa shape index (κ2) is 8.25. The monoisotopic (exact) mass is 330 g/mol. The Morgan fingerprint density at radius 1 is 1.30 bits per heavy atom. The number of halogens is 1. The van der Waals surface area contributed by atoms with Gasteiger partial charge in [0.1, 0.15) is 12.4 Å². The summed E-state index contributed by atoms with van der Waals surface area (Å²) in [6.45, 7) is 6.07. The van der Waals surface area contributed by atoms with E-state index in [-0.39, 0.29) is 12.5 Å². The Balaban J connectivity index is 1.91. The molecular formula is C18H19ClN2O2. The third kappa shape index (κ3) is 5.04. The van der Waals surface area contributed by atoms with Crippen molar-refractivity contribution in [1.82, 2.24) is 0 Å². The van der Waals surface area contributed by atoms with Gasteiger partial charge in [0.25, 0.3) is 0 Å². The minimum Gasteiger partial charge on any atom is -0.489 e. The van der Waals surface area contributed by atoms with Crippen LogP contribution in [0.5, 0.6) is 5.75 Å². The molecule has 2 aromatic rings. The summed E-state index contributed by atoms with van der Waals surface area (Å²) in [5, 5.41) is 6.53. The topological polar surface area (TPSA) is 50.4 Å². The lowest BCUT2D eigenvalue weighted by atomic mass is 10.2. The fraction of sp³-hybridized carbons (Fsp3) is 0.167. The fourth-order valence-corrected chi connectivity index (χ4v) is 2.15. The van der Waals surface area contributed by atoms with E-state index in [4.69, 9.17) is 16.3 Å². The molecule has 0 atom stereocenters. The Morgan fingerprint density at radius 3 is 2.87 bits per heavy atom. The van der Waals surface area contributed by atoms with Crippen molar-refractivity contribution in [2.24, 2.45) is 0 Å². The lowest BCUT2D eigenvalue weighted by molar-refractivity contribution is -0.114. The van der Waals surface area contributed by atoms with Gasteiger partial charge >= 0.3 is 0 Å². The van der Waals surface area contributed by atoms with Gasteiger partial charge in [0, 0.05) is 22.5 Å². The van der Waals surface area contributed by atoms with Crippen molar-refractivity contribution in [1.29, 1.82) is 0 Å². The highest BCUT2D eigenvalue weighted by molar-refractivity contribution is 6.31. The predicted octanol–water partition coefficient (Wildman–Crippen LogP) is 4.26. The lowest BCUT2D eigenvalue weighted by Crippen LogP contribution is -2.22.